The van der Waals surface area contributed by atoms with Crippen LogP contribution in [0.3, 0.4) is 0 Å². The zero-order valence-corrected chi connectivity index (χ0v) is 16.0. The minimum absolute atomic E-state index is 0.107. The molecule has 2 nitrogen and oxygen atoms in total. The van der Waals surface area contributed by atoms with E-state index in [9.17, 15) is 8.78 Å². The van der Waals surface area contributed by atoms with Gasteiger partial charge in [0.15, 0.2) is 0 Å². The minimum Gasteiger partial charge on any atom is -0.370 e. The molecule has 0 aromatic heterocycles. The number of rotatable bonds is 5. The Kier molecular flexibility index (Phi) is 4.59. The summed E-state index contributed by atoms with van der Waals surface area (Å²) in [5, 5.41) is 0. The Labute approximate surface area is 159 Å². The molecule has 2 aromatic rings. The van der Waals surface area contributed by atoms with Crippen LogP contribution in [0.4, 0.5) is 8.78 Å². The van der Waals surface area contributed by atoms with Crippen LogP contribution >= 0.6 is 0 Å². The van der Waals surface area contributed by atoms with Crippen LogP contribution in [0, 0.1) is 17.6 Å². The minimum atomic E-state index is -0.452. The SMILES string of the molecule is CC(C)[C@]12C[C@@H](OCc3ccccc3F)[C@](C)(CC1c1cccc(F)c1)O2. The van der Waals surface area contributed by atoms with Crippen molar-refractivity contribution >= 4 is 0 Å². The molecule has 144 valence electrons. The highest BCUT2D eigenvalue weighted by atomic mass is 19.1. The van der Waals surface area contributed by atoms with Crippen LogP contribution in [0.5, 0.6) is 0 Å². The predicted molar refractivity (Wildman–Crippen MR) is 100 cm³/mol. The van der Waals surface area contributed by atoms with Crippen LogP contribution in [0.1, 0.15) is 50.7 Å². The van der Waals surface area contributed by atoms with E-state index in [0.29, 0.717) is 5.56 Å². The number of hydrogen-bond acceptors (Lipinski definition) is 2. The van der Waals surface area contributed by atoms with Crippen molar-refractivity contribution in [3.05, 3.63) is 71.3 Å². The van der Waals surface area contributed by atoms with Gasteiger partial charge in [0, 0.05) is 17.9 Å². The topological polar surface area (TPSA) is 18.5 Å². The molecule has 2 heterocycles. The van der Waals surface area contributed by atoms with Gasteiger partial charge in [0.1, 0.15) is 11.6 Å². The van der Waals surface area contributed by atoms with Gasteiger partial charge in [-0.2, -0.15) is 0 Å². The molecule has 27 heavy (non-hydrogen) atoms. The van der Waals surface area contributed by atoms with E-state index in [0.717, 1.165) is 18.4 Å². The van der Waals surface area contributed by atoms with Gasteiger partial charge in [0.2, 0.25) is 0 Å². The average Bonchev–Trinajstić information content (AvgIpc) is 3.10. The van der Waals surface area contributed by atoms with E-state index < -0.39 is 5.60 Å². The van der Waals surface area contributed by atoms with Gasteiger partial charge in [-0.15, -0.1) is 0 Å². The van der Waals surface area contributed by atoms with Crippen LogP contribution in [0.15, 0.2) is 48.5 Å². The summed E-state index contributed by atoms with van der Waals surface area (Å²) in [5.41, 5.74) is 0.707. The van der Waals surface area contributed by atoms with Gasteiger partial charge in [-0.05, 0) is 43.0 Å². The molecule has 4 atom stereocenters. The van der Waals surface area contributed by atoms with Gasteiger partial charge in [-0.25, -0.2) is 8.78 Å². The fraction of sp³-hybridized carbons (Fsp3) is 0.478. The first-order valence-electron chi connectivity index (χ1n) is 9.65. The third kappa shape index (κ3) is 3.09. The second-order valence-electron chi connectivity index (χ2n) is 8.43. The van der Waals surface area contributed by atoms with Crippen LogP contribution in [0.2, 0.25) is 0 Å². The molecule has 4 heteroatoms. The first-order valence-corrected chi connectivity index (χ1v) is 9.65. The van der Waals surface area contributed by atoms with Crippen molar-refractivity contribution in [2.45, 2.75) is 63.4 Å². The molecular weight excluding hydrogens is 346 g/mol. The van der Waals surface area contributed by atoms with Crippen molar-refractivity contribution in [2.75, 3.05) is 0 Å². The fourth-order valence-corrected chi connectivity index (χ4v) is 4.93. The first kappa shape index (κ1) is 18.6. The number of halogens is 2. The smallest absolute Gasteiger partial charge is 0.128 e. The van der Waals surface area contributed by atoms with E-state index in [4.69, 9.17) is 9.47 Å². The molecule has 1 unspecified atom stereocenters. The molecule has 0 spiro atoms. The lowest BCUT2D eigenvalue weighted by molar-refractivity contribution is -0.0974. The normalized spacial score (nSPS) is 32.4. The molecule has 2 aliphatic heterocycles. The zero-order chi connectivity index (χ0) is 19.2. The van der Waals surface area contributed by atoms with Crippen molar-refractivity contribution in [3.8, 4) is 0 Å². The van der Waals surface area contributed by atoms with Crippen LogP contribution < -0.4 is 0 Å². The van der Waals surface area contributed by atoms with Crippen LogP contribution in [0.25, 0.3) is 0 Å². The molecule has 2 aliphatic rings. The average molecular weight is 372 g/mol. The Morgan fingerprint density at radius 1 is 1.11 bits per heavy atom. The van der Waals surface area contributed by atoms with Gasteiger partial charge >= 0.3 is 0 Å². The van der Waals surface area contributed by atoms with E-state index in [1.807, 2.05) is 12.1 Å². The molecule has 0 aliphatic carbocycles. The number of ether oxygens (including phenoxy) is 2. The monoisotopic (exact) mass is 372 g/mol. The molecule has 2 bridgehead atoms. The fourth-order valence-electron chi connectivity index (χ4n) is 4.93. The third-order valence-electron chi connectivity index (χ3n) is 6.43. The second-order valence-corrected chi connectivity index (χ2v) is 8.43. The maximum absolute atomic E-state index is 13.9. The summed E-state index contributed by atoms with van der Waals surface area (Å²) in [7, 11) is 0. The summed E-state index contributed by atoms with van der Waals surface area (Å²) in [6.07, 6.45) is 1.40. The Balaban J connectivity index is 1.57. The van der Waals surface area contributed by atoms with Gasteiger partial charge < -0.3 is 9.47 Å². The summed E-state index contributed by atoms with van der Waals surface area (Å²) in [6.45, 7) is 6.60. The highest BCUT2D eigenvalue weighted by Crippen LogP contribution is 2.61. The lowest BCUT2D eigenvalue weighted by atomic mass is 9.66. The van der Waals surface area contributed by atoms with Crippen molar-refractivity contribution < 1.29 is 18.3 Å². The molecule has 0 radical (unpaired) electrons. The standard InChI is InChI=1S/C23H26F2O2/c1-15(2)23-13-21(26-14-17-7-4-5-10-20(17)25)22(3,27-23)12-19(23)16-8-6-9-18(24)11-16/h4-11,15,19,21H,12-14H2,1-3H3/t19?,21-,22+,23-/m1/s1. The van der Waals surface area contributed by atoms with E-state index in [1.54, 1.807) is 24.3 Å². The molecule has 0 N–H and O–H groups in total. The highest BCUT2D eigenvalue weighted by Gasteiger charge is 2.65. The summed E-state index contributed by atoms with van der Waals surface area (Å²) >= 11 is 0. The first-order chi connectivity index (χ1) is 12.8. The Bertz CT molecular complexity index is 837. The summed E-state index contributed by atoms with van der Waals surface area (Å²) in [5.74, 6) is -0.0733. The molecule has 2 fully saturated rings. The Morgan fingerprint density at radius 3 is 2.59 bits per heavy atom. The third-order valence-corrected chi connectivity index (χ3v) is 6.43. The Morgan fingerprint density at radius 2 is 1.89 bits per heavy atom. The highest BCUT2D eigenvalue weighted by molar-refractivity contribution is 5.31. The summed E-state index contributed by atoms with van der Waals surface area (Å²) in [6, 6.07) is 13.5. The zero-order valence-electron chi connectivity index (χ0n) is 16.0. The lowest BCUT2D eigenvalue weighted by Crippen LogP contribution is -2.43. The quantitative estimate of drug-likeness (QED) is 0.679. The second kappa shape index (κ2) is 6.68. The maximum atomic E-state index is 13.9. The van der Waals surface area contributed by atoms with Crippen molar-refractivity contribution in [2.24, 2.45) is 5.92 Å². The van der Waals surface area contributed by atoms with Gasteiger partial charge in [0.25, 0.3) is 0 Å². The van der Waals surface area contributed by atoms with Gasteiger partial charge in [-0.1, -0.05) is 44.2 Å². The number of hydrogen-bond donors (Lipinski definition) is 0. The van der Waals surface area contributed by atoms with E-state index in [-0.39, 0.29) is 41.8 Å². The number of benzene rings is 2. The molecule has 2 saturated heterocycles. The van der Waals surface area contributed by atoms with Gasteiger partial charge in [-0.3, -0.25) is 0 Å². The number of fused-ring (bicyclic) bond motifs is 2. The molecule has 4 rings (SSSR count). The van der Waals surface area contributed by atoms with Crippen LogP contribution in [-0.4, -0.2) is 17.3 Å². The molecular formula is C23H26F2O2. The van der Waals surface area contributed by atoms with Gasteiger partial charge in [0.05, 0.1) is 23.9 Å². The van der Waals surface area contributed by atoms with Crippen molar-refractivity contribution in [1.82, 2.24) is 0 Å². The van der Waals surface area contributed by atoms with E-state index in [2.05, 4.69) is 20.8 Å². The maximum Gasteiger partial charge on any atom is 0.128 e. The molecule has 0 saturated carbocycles. The predicted octanol–water partition coefficient (Wildman–Crippen LogP) is 5.61. The lowest BCUT2D eigenvalue weighted by Gasteiger charge is -2.39. The Hall–Kier alpha value is -1.78. The molecule has 2 aromatic carbocycles. The van der Waals surface area contributed by atoms with Crippen LogP contribution in [-0.2, 0) is 16.1 Å². The largest absolute Gasteiger partial charge is 0.370 e. The van der Waals surface area contributed by atoms with E-state index >= 15 is 0 Å². The molecule has 0 amide bonds. The van der Waals surface area contributed by atoms with Crippen molar-refractivity contribution in [3.63, 3.8) is 0 Å². The summed E-state index contributed by atoms with van der Waals surface area (Å²) in [4.78, 5) is 0. The van der Waals surface area contributed by atoms with E-state index in [1.165, 1.54) is 12.1 Å². The summed E-state index contributed by atoms with van der Waals surface area (Å²) < 4.78 is 40.5. The van der Waals surface area contributed by atoms with Crippen molar-refractivity contribution in [1.29, 1.82) is 0 Å².